The molecule has 108 valence electrons. The number of rotatable bonds is 3. The molecule has 1 heterocycles. The van der Waals surface area contributed by atoms with Gasteiger partial charge in [0.05, 0.1) is 0 Å². The third-order valence-electron chi connectivity index (χ3n) is 3.41. The third-order valence-corrected chi connectivity index (χ3v) is 3.41. The molecule has 1 amide bonds. The van der Waals surface area contributed by atoms with Gasteiger partial charge in [0.15, 0.2) is 11.5 Å². The Labute approximate surface area is 123 Å². The van der Waals surface area contributed by atoms with Gasteiger partial charge in [-0.1, -0.05) is 42.5 Å². The largest absolute Gasteiger partial charge is 0.482 e. The summed E-state index contributed by atoms with van der Waals surface area (Å²) in [5.74, 6) is 1.12. The fourth-order valence-electron chi connectivity index (χ4n) is 2.29. The Bertz CT molecular complexity index is 627. The molecule has 0 bridgehead atoms. The van der Waals surface area contributed by atoms with Gasteiger partial charge in [-0.2, -0.15) is 0 Å². The van der Waals surface area contributed by atoms with Crippen molar-refractivity contribution in [2.45, 2.75) is 25.7 Å². The van der Waals surface area contributed by atoms with E-state index in [1.165, 1.54) is 0 Å². The molecule has 0 unspecified atom stereocenters. The lowest BCUT2D eigenvalue weighted by atomic mass is 10.1. The molecule has 0 aromatic heterocycles. The second-order valence-corrected chi connectivity index (χ2v) is 5.01. The minimum absolute atomic E-state index is 0.166. The van der Waals surface area contributed by atoms with Crippen LogP contribution in [-0.2, 0) is 11.3 Å². The molecule has 4 heteroatoms. The molecule has 4 nitrogen and oxygen atoms in total. The minimum Gasteiger partial charge on any atom is -0.482 e. The number of fused-ring (bicyclic) bond motifs is 1. The molecule has 1 aliphatic rings. The van der Waals surface area contributed by atoms with Crippen LogP contribution in [0.5, 0.6) is 11.5 Å². The van der Waals surface area contributed by atoms with Crippen LogP contribution in [0.4, 0.5) is 0 Å². The van der Waals surface area contributed by atoms with Crippen molar-refractivity contribution in [3.05, 3.63) is 60.2 Å². The van der Waals surface area contributed by atoms with E-state index in [-0.39, 0.29) is 12.0 Å². The van der Waals surface area contributed by atoms with Gasteiger partial charge in [-0.25, -0.2) is 0 Å². The first-order valence-electron chi connectivity index (χ1n) is 6.98. The minimum atomic E-state index is -0.636. The highest BCUT2D eigenvalue weighted by Gasteiger charge is 2.33. The number of carbonyl (C=O) groups is 1. The normalized spacial score (nSPS) is 19.9. The maximum Gasteiger partial charge on any atom is 0.265 e. The molecule has 0 aliphatic carbocycles. The van der Waals surface area contributed by atoms with Crippen LogP contribution >= 0.6 is 0 Å². The zero-order valence-electron chi connectivity index (χ0n) is 11.8. The molecular formula is C17H17NO3. The van der Waals surface area contributed by atoms with E-state index >= 15 is 0 Å². The van der Waals surface area contributed by atoms with E-state index in [9.17, 15) is 4.79 Å². The van der Waals surface area contributed by atoms with Crippen LogP contribution in [0.1, 0.15) is 12.5 Å². The molecule has 3 rings (SSSR count). The number of para-hydroxylation sites is 2. The first-order valence-corrected chi connectivity index (χ1v) is 6.98. The van der Waals surface area contributed by atoms with Crippen molar-refractivity contribution in [2.75, 3.05) is 0 Å². The second kappa shape index (κ2) is 5.87. The molecule has 1 aliphatic heterocycles. The van der Waals surface area contributed by atoms with Gasteiger partial charge < -0.3 is 14.8 Å². The lowest BCUT2D eigenvalue weighted by Gasteiger charge is -2.31. The standard InChI is InChI=1S/C17H17NO3/c1-12-16(21-15-10-6-5-9-14(15)20-12)17(19)18-11-13-7-3-2-4-8-13/h2-10,12,16H,11H2,1H3,(H,18,19)/t12-,16-/m1/s1. The summed E-state index contributed by atoms with van der Waals surface area (Å²) in [7, 11) is 0. The monoisotopic (exact) mass is 283 g/mol. The SMILES string of the molecule is C[C@H]1Oc2ccccc2O[C@H]1C(=O)NCc1ccccc1. The number of benzene rings is 2. The van der Waals surface area contributed by atoms with Crippen molar-refractivity contribution >= 4 is 5.91 Å². The highest BCUT2D eigenvalue weighted by atomic mass is 16.6. The van der Waals surface area contributed by atoms with Gasteiger partial charge in [0.1, 0.15) is 6.10 Å². The molecular weight excluding hydrogens is 266 g/mol. The molecule has 2 aromatic carbocycles. The van der Waals surface area contributed by atoms with Crippen molar-refractivity contribution in [3.63, 3.8) is 0 Å². The Morgan fingerprint density at radius 2 is 1.62 bits per heavy atom. The summed E-state index contributed by atoms with van der Waals surface area (Å²) in [6.45, 7) is 2.32. The summed E-state index contributed by atoms with van der Waals surface area (Å²) in [5.41, 5.74) is 1.05. The molecule has 2 aromatic rings. The lowest BCUT2D eigenvalue weighted by molar-refractivity contribution is -0.133. The predicted molar refractivity (Wildman–Crippen MR) is 79.2 cm³/mol. The van der Waals surface area contributed by atoms with E-state index in [0.717, 1.165) is 5.56 Å². The van der Waals surface area contributed by atoms with Crippen LogP contribution in [-0.4, -0.2) is 18.1 Å². The first-order chi connectivity index (χ1) is 10.2. The molecule has 1 N–H and O–H groups in total. The summed E-state index contributed by atoms with van der Waals surface area (Å²) in [6, 6.07) is 17.2. The highest BCUT2D eigenvalue weighted by Crippen LogP contribution is 2.33. The summed E-state index contributed by atoms with van der Waals surface area (Å²) in [4.78, 5) is 12.3. The Balaban J connectivity index is 1.65. The van der Waals surface area contributed by atoms with Crippen molar-refractivity contribution in [3.8, 4) is 11.5 Å². The van der Waals surface area contributed by atoms with E-state index in [1.54, 1.807) is 6.07 Å². The van der Waals surface area contributed by atoms with Crippen LogP contribution in [0.15, 0.2) is 54.6 Å². The maximum absolute atomic E-state index is 12.3. The van der Waals surface area contributed by atoms with Gasteiger partial charge in [-0.3, -0.25) is 4.79 Å². The van der Waals surface area contributed by atoms with Gasteiger partial charge >= 0.3 is 0 Å². The Morgan fingerprint density at radius 3 is 2.33 bits per heavy atom. The quantitative estimate of drug-likeness (QED) is 0.941. The van der Waals surface area contributed by atoms with E-state index in [1.807, 2.05) is 55.5 Å². The molecule has 2 atom stereocenters. The molecule has 21 heavy (non-hydrogen) atoms. The van der Waals surface area contributed by atoms with E-state index in [2.05, 4.69) is 5.32 Å². The summed E-state index contributed by atoms with van der Waals surface area (Å²) in [6.07, 6.45) is -0.959. The molecule has 0 spiro atoms. The second-order valence-electron chi connectivity index (χ2n) is 5.01. The van der Waals surface area contributed by atoms with Crippen molar-refractivity contribution in [1.82, 2.24) is 5.32 Å². The van der Waals surface area contributed by atoms with E-state index < -0.39 is 6.10 Å². The first kappa shape index (κ1) is 13.5. The number of hydrogen-bond acceptors (Lipinski definition) is 3. The number of amides is 1. The number of hydrogen-bond donors (Lipinski definition) is 1. The van der Waals surface area contributed by atoms with Crippen molar-refractivity contribution in [2.24, 2.45) is 0 Å². The fraction of sp³-hybridized carbons (Fsp3) is 0.235. The third kappa shape index (κ3) is 2.99. The van der Waals surface area contributed by atoms with Gasteiger partial charge in [0.25, 0.3) is 5.91 Å². The Kier molecular flexibility index (Phi) is 3.77. The number of carbonyl (C=O) groups excluding carboxylic acids is 1. The molecule has 0 radical (unpaired) electrons. The smallest absolute Gasteiger partial charge is 0.265 e. The van der Waals surface area contributed by atoms with Crippen LogP contribution in [0.2, 0.25) is 0 Å². The van der Waals surface area contributed by atoms with Crippen LogP contribution in [0.3, 0.4) is 0 Å². The summed E-state index contributed by atoms with van der Waals surface area (Å²) >= 11 is 0. The fourth-order valence-corrected chi connectivity index (χ4v) is 2.29. The van der Waals surface area contributed by atoms with E-state index in [0.29, 0.717) is 18.0 Å². The van der Waals surface area contributed by atoms with Crippen molar-refractivity contribution in [1.29, 1.82) is 0 Å². The van der Waals surface area contributed by atoms with Crippen molar-refractivity contribution < 1.29 is 14.3 Å². The van der Waals surface area contributed by atoms with Crippen LogP contribution < -0.4 is 14.8 Å². The topological polar surface area (TPSA) is 47.6 Å². The molecule has 0 saturated heterocycles. The summed E-state index contributed by atoms with van der Waals surface area (Å²) < 4.78 is 11.5. The predicted octanol–water partition coefficient (Wildman–Crippen LogP) is 2.53. The van der Waals surface area contributed by atoms with Gasteiger partial charge in [0.2, 0.25) is 6.10 Å². The Hall–Kier alpha value is -2.49. The van der Waals surface area contributed by atoms with Crippen LogP contribution in [0, 0.1) is 0 Å². The average molecular weight is 283 g/mol. The average Bonchev–Trinajstić information content (AvgIpc) is 2.53. The maximum atomic E-state index is 12.3. The molecule has 0 saturated carbocycles. The zero-order valence-corrected chi connectivity index (χ0v) is 11.8. The number of ether oxygens (including phenoxy) is 2. The van der Waals surface area contributed by atoms with Gasteiger partial charge in [-0.05, 0) is 24.6 Å². The van der Waals surface area contributed by atoms with E-state index in [4.69, 9.17) is 9.47 Å². The van der Waals surface area contributed by atoms with Gasteiger partial charge in [-0.15, -0.1) is 0 Å². The zero-order chi connectivity index (χ0) is 14.7. The highest BCUT2D eigenvalue weighted by molar-refractivity contribution is 5.82. The van der Waals surface area contributed by atoms with Crippen LogP contribution in [0.25, 0.3) is 0 Å². The number of nitrogens with one attached hydrogen (secondary N) is 1. The van der Waals surface area contributed by atoms with Gasteiger partial charge in [0, 0.05) is 6.54 Å². The molecule has 0 fully saturated rings. The Morgan fingerprint density at radius 1 is 1.00 bits per heavy atom. The summed E-state index contributed by atoms with van der Waals surface area (Å²) in [5, 5.41) is 2.89. The lowest BCUT2D eigenvalue weighted by Crippen LogP contribution is -2.48.